The molecule has 1 aromatic heterocycles. The number of carbonyl (C=O) groups is 2. The van der Waals surface area contributed by atoms with E-state index in [9.17, 15) is 22.8 Å². The van der Waals surface area contributed by atoms with Gasteiger partial charge in [-0.3, -0.25) is 9.59 Å². The minimum atomic E-state index is -4.51. The van der Waals surface area contributed by atoms with Gasteiger partial charge in [-0.15, -0.1) is 0 Å². The monoisotopic (exact) mass is 460 g/mol. The summed E-state index contributed by atoms with van der Waals surface area (Å²) < 4.78 is 38.6. The number of amides is 2. The van der Waals surface area contributed by atoms with E-state index in [-0.39, 0.29) is 22.9 Å². The summed E-state index contributed by atoms with van der Waals surface area (Å²) in [4.78, 5) is 33.2. The lowest BCUT2D eigenvalue weighted by Gasteiger charge is -2.11. The largest absolute Gasteiger partial charge is 0.416 e. The average molecular weight is 460 g/mol. The second-order valence-corrected chi connectivity index (χ2v) is 7.84. The second-order valence-electron chi connectivity index (χ2n) is 6.85. The molecule has 0 bridgehead atoms. The van der Waals surface area contributed by atoms with Gasteiger partial charge in [-0.1, -0.05) is 23.9 Å². The molecule has 3 rings (SSSR count). The highest BCUT2D eigenvalue weighted by Gasteiger charge is 2.30. The fourth-order valence-corrected chi connectivity index (χ4v) is 3.61. The van der Waals surface area contributed by atoms with Crippen LogP contribution < -0.4 is 10.6 Å². The predicted octanol–water partition coefficient (Wildman–Crippen LogP) is 5.10. The first kappa shape index (κ1) is 23.3. The van der Waals surface area contributed by atoms with Crippen molar-refractivity contribution in [3.63, 3.8) is 0 Å². The second kappa shape index (κ2) is 9.82. The van der Waals surface area contributed by atoms with Crippen LogP contribution in [0.3, 0.4) is 0 Å². The molecule has 2 amide bonds. The third kappa shape index (κ3) is 6.55. The average Bonchev–Trinajstić information content (AvgIpc) is 2.71. The molecule has 6 nitrogen and oxygen atoms in total. The maximum atomic E-state index is 12.9. The molecule has 2 N–H and O–H groups in total. The molecule has 0 saturated heterocycles. The summed E-state index contributed by atoms with van der Waals surface area (Å²) in [5.41, 5.74) is 0.547. The molecule has 32 heavy (non-hydrogen) atoms. The number of carbonyl (C=O) groups excluding carboxylic acids is 2. The number of benzene rings is 2. The molecule has 0 saturated carbocycles. The number of hydrogen-bond acceptors (Lipinski definition) is 5. The molecular weight excluding hydrogens is 441 g/mol. The maximum Gasteiger partial charge on any atom is 0.416 e. The molecule has 0 aliphatic carbocycles. The van der Waals surface area contributed by atoms with Crippen LogP contribution in [0.2, 0.25) is 0 Å². The topological polar surface area (TPSA) is 84.0 Å². The Morgan fingerprint density at radius 3 is 2.31 bits per heavy atom. The highest BCUT2D eigenvalue weighted by atomic mass is 32.2. The highest BCUT2D eigenvalue weighted by Crippen LogP contribution is 2.30. The van der Waals surface area contributed by atoms with Crippen LogP contribution in [0.25, 0.3) is 0 Å². The first-order valence-electron chi connectivity index (χ1n) is 9.44. The van der Waals surface area contributed by atoms with Crippen LogP contribution in [0.1, 0.15) is 27.4 Å². The molecule has 0 spiro atoms. The molecule has 1 heterocycles. The van der Waals surface area contributed by atoms with Crippen molar-refractivity contribution in [3.05, 3.63) is 77.2 Å². The molecule has 10 heteroatoms. The van der Waals surface area contributed by atoms with E-state index in [1.807, 2.05) is 6.92 Å². The zero-order chi connectivity index (χ0) is 23.3. The van der Waals surface area contributed by atoms with Crippen LogP contribution in [0.15, 0.2) is 59.6 Å². The van der Waals surface area contributed by atoms with Gasteiger partial charge in [-0.05, 0) is 56.3 Å². The number of anilines is 2. The van der Waals surface area contributed by atoms with E-state index in [4.69, 9.17) is 0 Å². The number of halogens is 3. The van der Waals surface area contributed by atoms with Gasteiger partial charge in [0.15, 0.2) is 0 Å². The lowest BCUT2D eigenvalue weighted by molar-refractivity contribution is -0.137. The zero-order valence-electron chi connectivity index (χ0n) is 17.2. The molecular formula is C22H19F3N4O2S. The van der Waals surface area contributed by atoms with Crippen LogP contribution in [0.4, 0.5) is 24.5 Å². The van der Waals surface area contributed by atoms with E-state index in [0.29, 0.717) is 16.5 Å². The number of hydrogen-bond donors (Lipinski definition) is 2. The quantitative estimate of drug-likeness (QED) is 0.395. The van der Waals surface area contributed by atoms with Gasteiger partial charge in [-0.25, -0.2) is 9.97 Å². The normalized spacial score (nSPS) is 11.2. The van der Waals surface area contributed by atoms with Gasteiger partial charge >= 0.3 is 6.18 Å². The number of rotatable bonds is 6. The van der Waals surface area contributed by atoms with Gasteiger partial charge in [0.2, 0.25) is 5.91 Å². The molecule has 0 aliphatic heterocycles. The number of aryl methyl sites for hydroxylation is 2. The minimum absolute atomic E-state index is 0.0195. The van der Waals surface area contributed by atoms with Crippen molar-refractivity contribution in [1.29, 1.82) is 0 Å². The first-order valence-corrected chi connectivity index (χ1v) is 10.4. The maximum absolute atomic E-state index is 12.9. The standard InChI is InChI=1S/C22H19F3N4O2S/c1-13-9-20(27-14(2)26-13)32-12-19(30)28-17-7-3-5-15(10-17)21(31)29-18-8-4-6-16(11-18)22(23,24)25/h3-11H,12H2,1-2H3,(H,28,30)(H,29,31). The number of alkyl halides is 3. The lowest BCUT2D eigenvalue weighted by Crippen LogP contribution is -2.16. The Kier molecular flexibility index (Phi) is 7.14. The van der Waals surface area contributed by atoms with Gasteiger partial charge < -0.3 is 10.6 Å². The van der Waals surface area contributed by atoms with Crippen molar-refractivity contribution in [2.24, 2.45) is 0 Å². The number of thioether (sulfide) groups is 1. The van der Waals surface area contributed by atoms with Crippen LogP contribution >= 0.6 is 11.8 Å². The fraction of sp³-hybridized carbons (Fsp3) is 0.182. The van der Waals surface area contributed by atoms with Gasteiger partial charge in [-0.2, -0.15) is 13.2 Å². The first-order chi connectivity index (χ1) is 15.1. The van der Waals surface area contributed by atoms with Crippen molar-refractivity contribution in [2.75, 3.05) is 16.4 Å². The summed E-state index contributed by atoms with van der Waals surface area (Å²) in [7, 11) is 0. The van der Waals surface area contributed by atoms with Crippen LogP contribution in [0, 0.1) is 13.8 Å². The summed E-state index contributed by atoms with van der Waals surface area (Å²) in [6, 6.07) is 12.3. The van der Waals surface area contributed by atoms with Crippen molar-refractivity contribution >= 4 is 35.0 Å². The van der Waals surface area contributed by atoms with E-state index >= 15 is 0 Å². The third-order valence-corrected chi connectivity index (χ3v) is 5.06. The summed E-state index contributed by atoms with van der Waals surface area (Å²) in [5, 5.41) is 5.82. The number of nitrogens with zero attached hydrogens (tertiary/aromatic N) is 2. The van der Waals surface area contributed by atoms with Crippen LogP contribution in [0.5, 0.6) is 0 Å². The molecule has 0 radical (unpaired) electrons. The minimum Gasteiger partial charge on any atom is -0.325 e. The van der Waals surface area contributed by atoms with Gasteiger partial charge in [0.05, 0.1) is 11.3 Å². The van der Waals surface area contributed by atoms with E-state index in [0.717, 1.165) is 17.8 Å². The van der Waals surface area contributed by atoms with Gasteiger partial charge in [0.25, 0.3) is 5.91 Å². The lowest BCUT2D eigenvalue weighted by atomic mass is 10.1. The Morgan fingerprint density at radius 2 is 1.62 bits per heavy atom. The number of nitrogens with one attached hydrogen (secondary N) is 2. The Hall–Kier alpha value is -3.40. The smallest absolute Gasteiger partial charge is 0.325 e. The van der Waals surface area contributed by atoms with Gasteiger partial charge in [0, 0.05) is 22.6 Å². The number of aromatic nitrogens is 2. The van der Waals surface area contributed by atoms with Crippen LogP contribution in [-0.4, -0.2) is 27.5 Å². The van der Waals surface area contributed by atoms with E-state index in [1.165, 1.54) is 36.0 Å². The van der Waals surface area contributed by atoms with E-state index < -0.39 is 17.6 Å². The summed E-state index contributed by atoms with van der Waals surface area (Å²) in [5.74, 6) is -0.162. The molecule has 166 valence electrons. The molecule has 0 aliphatic rings. The molecule has 2 aromatic carbocycles. The van der Waals surface area contributed by atoms with Crippen molar-refractivity contribution < 1.29 is 22.8 Å². The Morgan fingerprint density at radius 1 is 0.938 bits per heavy atom. The van der Waals surface area contributed by atoms with Crippen molar-refractivity contribution in [2.45, 2.75) is 25.0 Å². The Bertz CT molecular complexity index is 1130. The van der Waals surface area contributed by atoms with Gasteiger partial charge in [0.1, 0.15) is 10.9 Å². The molecule has 0 fully saturated rings. The molecule has 0 atom stereocenters. The van der Waals surface area contributed by atoms with Crippen LogP contribution in [-0.2, 0) is 11.0 Å². The highest BCUT2D eigenvalue weighted by molar-refractivity contribution is 7.99. The summed E-state index contributed by atoms with van der Waals surface area (Å²) in [6.07, 6.45) is -4.51. The SMILES string of the molecule is Cc1cc(SCC(=O)Nc2cccc(C(=O)Nc3cccc(C(F)(F)F)c3)c2)nc(C)n1. The summed E-state index contributed by atoms with van der Waals surface area (Å²) in [6.45, 7) is 3.61. The third-order valence-electron chi connectivity index (χ3n) is 4.15. The zero-order valence-corrected chi connectivity index (χ0v) is 18.0. The van der Waals surface area contributed by atoms with Crippen molar-refractivity contribution in [1.82, 2.24) is 9.97 Å². The van der Waals surface area contributed by atoms with E-state index in [1.54, 1.807) is 25.1 Å². The summed E-state index contributed by atoms with van der Waals surface area (Å²) >= 11 is 1.26. The Labute approximate surface area is 186 Å². The van der Waals surface area contributed by atoms with E-state index in [2.05, 4.69) is 20.6 Å². The molecule has 3 aromatic rings. The Balaban J connectivity index is 1.62. The molecule has 0 unspecified atom stereocenters. The fourth-order valence-electron chi connectivity index (χ4n) is 2.81. The predicted molar refractivity (Wildman–Crippen MR) is 117 cm³/mol. The van der Waals surface area contributed by atoms with Crippen molar-refractivity contribution in [3.8, 4) is 0 Å².